The molecule has 0 atom stereocenters. The van der Waals surface area contributed by atoms with Crippen molar-refractivity contribution < 1.29 is 0 Å². The van der Waals surface area contributed by atoms with Crippen LogP contribution in [-0.2, 0) is 0 Å². The topological polar surface area (TPSA) is 21.1 Å². The van der Waals surface area contributed by atoms with E-state index in [0.717, 1.165) is 56.4 Å². The van der Waals surface area contributed by atoms with Crippen molar-refractivity contribution >= 4 is 17.1 Å². The van der Waals surface area contributed by atoms with Crippen LogP contribution in [0.1, 0.15) is 0 Å². The maximum atomic E-state index is 5.13. The predicted molar refractivity (Wildman–Crippen MR) is 276 cm³/mol. The molecule has 1 heterocycles. The Balaban J connectivity index is 0.925. The minimum Gasteiger partial charge on any atom is -0.311 e. The number of hydrogen-bond donors (Lipinski definition) is 0. The third-order valence-electron chi connectivity index (χ3n) is 12.3. The Morgan fingerprint density at radius 3 is 1.00 bits per heavy atom. The van der Waals surface area contributed by atoms with Gasteiger partial charge in [0.2, 0.25) is 0 Å². The van der Waals surface area contributed by atoms with Gasteiger partial charge in [0.25, 0.3) is 0 Å². The number of nitrogens with zero attached hydrogens (tertiary/aromatic N) is 3. The lowest BCUT2D eigenvalue weighted by Gasteiger charge is -2.26. The smallest absolute Gasteiger partial charge is 0.0934 e. The molecule has 0 saturated carbocycles. The monoisotopic (exact) mass is 843 g/mol. The molecule has 3 heteroatoms. The molecule has 0 spiro atoms. The summed E-state index contributed by atoms with van der Waals surface area (Å²) in [5, 5.41) is 5.13. The summed E-state index contributed by atoms with van der Waals surface area (Å²) in [5.41, 5.74) is 20.3. The van der Waals surface area contributed by atoms with E-state index in [0.29, 0.717) is 0 Å². The lowest BCUT2D eigenvalue weighted by atomic mass is 9.89. The quantitative estimate of drug-likeness (QED) is 0.129. The van der Waals surface area contributed by atoms with E-state index in [4.69, 9.17) is 5.10 Å². The van der Waals surface area contributed by atoms with Crippen molar-refractivity contribution in [3.8, 4) is 83.8 Å². The molecule has 66 heavy (non-hydrogen) atoms. The lowest BCUT2D eigenvalue weighted by molar-refractivity contribution is 0.892. The molecule has 0 aliphatic rings. The van der Waals surface area contributed by atoms with E-state index < -0.39 is 0 Å². The second-order valence-electron chi connectivity index (χ2n) is 16.4. The zero-order valence-electron chi connectivity index (χ0n) is 36.3. The standard InChI is InChI=1S/C63H45N3/c1-5-17-46(18-6-1)48-29-37-54(38-30-48)65(55-39-31-49(32-40-55)47-19-7-2-8-20-47)56-41-33-50(34-42-56)58-25-13-15-27-60(58)61-28-16-14-26-59(61)51-35-43-57(44-36-51)66-63(53-23-11-4-12-24-53)45-62(64-66)52-21-9-3-10-22-52/h1-45H. The first-order valence-corrected chi connectivity index (χ1v) is 22.5. The number of aromatic nitrogens is 2. The van der Waals surface area contributed by atoms with Crippen molar-refractivity contribution in [2.24, 2.45) is 0 Å². The molecule has 11 rings (SSSR count). The molecule has 1 aromatic heterocycles. The molecule has 0 bridgehead atoms. The molecule has 10 aromatic carbocycles. The second kappa shape index (κ2) is 18.1. The zero-order valence-corrected chi connectivity index (χ0v) is 36.3. The van der Waals surface area contributed by atoms with Crippen molar-refractivity contribution in [1.29, 1.82) is 0 Å². The summed E-state index contributed by atoms with van der Waals surface area (Å²) >= 11 is 0. The van der Waals surface area contributed by atoms with Crippen LogP contribution >= 0.6 is 0 Å². The summed E-state index contributed by atoms with van der Waals surface area (Å²) < 4.78 is 2.06. The van der Waals surface area contributed by atoms with Crippen LogP contribution in [0, 0.1) is 0 Å². The van der Waals surface area contributed by atoms with Crippen molar-refractivity contribution in [2.75, 3.05) is 4.90 Å². The molecule has 3 nitrogen and oxygen atoms in total. The Morgan fingerprint density at radius 2 is 0.576 bits per heavy atom. The van der Waals surface area contributed by atoms with Gasteiger partial charge in [-0.3, -0.25) is 0 Å². The van der Waals surface area contributed by atoms with Gasteiger partial charge in [-0.1, -0.05) is 218 Å². The maximum absolute atomic E-state index is 5.13. The largest absolute Gasteiger partial charge is 0.311 e. The van der Waals surface area contributed by atoms with Gasteiger partial charge in [-0.15, -0.1) is 0 Å². The fourth-order valence-electron chi connectivity index (χ4n) is 8.97. The number of benzene rings is 10. The van der Waals surface area contributed by atoms with Crippen LogP contribution < -0.4 is 4.90 Å². The molecule has 0 saturated heterocycles. The number of hydrogen-bond acceptors (Lipinski definition) is 2. The highest BCUT2D eigenvalue weighted by Crippen LogP contribution is 2.41. The van der Waals surface area contributed by atoms with Crippen LogP contribution in [0.2, 0.25) is 0 Å². The first-order chi connectivity index (χ1) is 32.7. The zero-order chi connectivity index (χ0) is 44.1. The maximum Gasteiger partial charge on any atom is 0.0934 e. The van der Waals surface area contributed by atoms with Gasteiger partial charge in [0.1, 0.15) is 0 Å². The van der Waals surface area contributed by atoms with Gasteiger partial charge in [-0.25, -0.2) is 4.68 Å². The fraction of sp³-hybridized carbons (Fsp3) is 0. The fourth-order valence-corrected chi connectivity index (χ4v) is 8.97. The minimum atomic E-state index is 0.941. The summed E-state index contributed by atoms with van der Waals surface area (Å²) in [5.74, 6) is 0. The Bertz CT molecular complexity index is 3260. The lowest BCUT2D eigenvalue weighted by Crippen LogP contribution is -2.09. The number of anilines is 3. The van der Waals surface area contributed by atoms with Crippen molar-refractivity contribution in [3.63, 3.8) is 0 Å². The summed E-state index contributed by atoms with van der Waals surface area (Å²) in [6.07, 6.45) is 0. The SMILES string of the molecule is c1ccc(-c2ccc(N(c3ccc(-c4ccccc4)cc3)c3ccc(-c4ccccc4-c4ccccc4-c4ccc(-n5nc(-c6ccccc6)cc5-c5ccccc5)cc4)cc3)cc2)cc1. The van der Waals surface area contributed by atoms with E-state index in [9.17, 15) is 0 Å². The van der Waals surface area contributed by atoms with Gasteiger partial charge in [0.15, 0.2) is 0 Å². The molecule has 0 aliphatic carbocycles. The Morgan fingerprint density at radius 1 is 0.258 bits per heavy atom. The summed E-state index contributed by atoms with van der Waals surface area (Å²) in [7, 11) is 0. The summed E-state index contributed by atoms with van der Waals surface area (Å²) in [6.45, 7) is 0. The minimum absolute atomic E-state index is 0.941. The Labute approximate surface area is 386 Å². The average Bonchev–Trinajstić information content (AvgIpc) is 3.86. The van der Waals surface area contributed by atoms with E-state index in [-0.39, 0.29) is 0 Å². The molecule has 0 unspecified atom stereocenters. The molecule has 11 aromatic rings. The van der Waals surface area contributed by atoms with Crippen LogP contribution in [0.4, 0.5) is 17.1 Å². The average molecular weight is 844 g/mol. The molecular formula is C63H45N3. The van der Waals surface area contributed by atoms with Crippen molar-refractivity contribution in [2.45, 2.75) is 0 Å². The molecule has 312 valence electrons. The Kier molecular flexibility index (Phi) is 11.0. The van der Waals surface area contributed by atoms with E-state index in [1.54, 1.807) is 0 Å². The summed E-state index contributed by atoms with van der Waals surface area (Å²) in [4.78, 5) is 2.34. The Hall–Kier alpha value is -8.79. The van der Waals surface area contributed by atoms with Crippen molar-refractivity contribution in [3.05, 3.63) is 273 Å². The first kappa shape index (κ1) is 40.0. The molecule has 0 fully saturated rings. The number of rotatable bonds is 11. The van der Waals surface area contributed by atoms with Gasteiger partial charge in [-0.2, -0.15) is 5.10 Å². The molecule has 0 radical (unpaired) electrons. The normalized spacial score (nSPS) is 11.0. The third-order valence-corrected chi connectivity index (χ3v) is 12.3. The van der Waals surface area contributed by atoms with Gasteiger partial charge in [0, 0.05) is 28.2 Å². The van der Waals surface area contributed by atoms with Gasteiger partial charge in [-0.05, 0) is 110 Å². The van der Waals surface area contributed by atoms with Gasteiger partial charge >= 0.3 is 0 Å². The highest BCUT2D eigenvalue weighted by molar-refractivity contribution is 5.92. The first-order valence-electron chi connectivity index (χ1n) is 22.5. The summed E-state index contributed by atoms with van der Waals surface area (Å²) in [6, 6.07) is 97.2. The highest BCUT2D eigenvalue weighted by Gasteiger charge is 2.18. The molecular weight excluding hydrogens is 799 g/mol. The van der Waals surface area contributed by atoms with Gasteiger partial charge < -0.3 is 4.90 Å². The molecule has 0 N–H and O–H groups in total. The van der Waals surface area contributed by atoms with Crippen LogP contribution in [0.5, 0.6) is 0 Å². The van der Waals surface area contributed by atoms with E-state index in [1.165, 1.54) is 44.5 Å². The third kappa shape index (κ3) is 8.14. The van der Waals surface area contributed by atoms with Crippen LogP contribution in [0.15, 0.2) is 273 Å². The predicted octanol–water partition coefficient (Wildman–Crippen LogP) is 17.0. The second-order valence-corrected chi connectivity index (χ2v) is 16.4. The molecule has 0 aliphatic heterocycles. The van der Waals surface area contributed by atoms with Crippen molar-refractivity contribution in [1.82, 2.24) is 9.78 Å². The van der Waals surface area contributed by atoms with Crippen LogP contribution in [0.3, 0.4) is 0 Å². The van der Waals surface area contributed by atoms with Gasteiger partial charge in [0.05, 0.1) is 17.1 Å². The van der Waals surface area contributed by atoms with E-state index >= 15 is 0 Å². The van der Waals surface area contributed by atoms with E-state index in [2.05, 4.69) is 277 Å². The molecule has 0 amide bonds. The van der Waals surface area contributed by atoms with E-state index in [1.807, 2.05) is 6.07 Å². The van der Waals surface area contributed by atoms with Crippen LogP contribution in [0.25, 0.3) is 83.8 Å². The van der Waals surface area contributed by atoms with Crippen LogP contribution in [-0.4, -0.2) is 9.78 Å². The highest BCUT2D eigenvalue weighted by atomic mass is 15.3.